The highest BCUT2D eigenvalue weighted by Crippen LogP contribution is 2.47. The predicted octanol–water partition coefficient (Wildman–Crippen LogP) is 3.28. The van der Waals surface area contributed by atoms with Gasteiger partial charge in [-0.2, -0.15) is 0 Å². The molecule has 2 N–H and O–H groups in total. The van der Waals surface area contributed by atoms with Crippen LogP contribution in [0, 0.1) is 5.82 Å². The molecule has 144 valence electrons. The normalized spacial score (nSPS) is 15.7. The van der Waals surface area contributed by atoms with Crippen molar-refractivity contribution in [2.75, 3.05) is 27.7 Å². The van der Waals surface area contributed by atoms with Gasteiger partial charge in [0.2, 0.25) is 0 Å². The van der Waals surface area contributed by atoms with E-state index in [4.69, 9.17) is 0 Å². The summed E-state index contributed by atoms with van der Waals surface area (Å²) in [6.07, 6.45) is 2.15. The number of hydrogen-bond donors (Lipinski definition) is 2. The van der Waals surface area contributed by atoms with E-state index < -0.39 is 0 Å². The molecular formula is C22H29FN4. The fourth-order valence-corrected chi connectivity index (χ4v) is 3.41. The average molecular weight is 369 g/mol. The monoisotopic (exact) mass is 368 g/mol. The van der Waals surface area contributed by atoms with Gasteiger partial charge in [-0.1, -0.05) is 36.4 Å². The van der Waals surface area contributed by atoms with Gasteiger partial charge in [0.05, 0.1) is 0 Å². The maximum atomic E-state index is 13.6. The van der Waals surface area contributed by atoms with Gasteiger partial charge in [-0.25, -0.2) is 4.39 Å². The molecule has 0 amide bonds. The van der Waals surface area contributed by atoms with E-state index in [0.717, 1.165) is 44.0 Å². The van der Waals surface area contributed by atoms with Crippen LogP contribution in [0.25, 0.3) is 0 Å². The molecule has 0 aromatic heterocycles. The highest BCUT2D eigenvalue weighted by molar-refractivity contribution is 5.79. The van der Waals surface area contributed by atoms with Crippen LogP contribution in [-0.4, -0.2) is 38.5 Å². The van der Waals surface area contributed by atoms with Crippen LogP contribution >= 0.6 is 0 Å². The summed E-state index contributed by atoms with van der Waals surface area (Å²) in [6.45, 7) is 2.39. The Morgan fingerprint density at radius 2 is 1.81 bits per heavy atom. The Morgan fingerprint density at radius 3 is 2.44 bits per heavy atom. The van der Waals surface area contributed by atoms with Crippen LogP contribution in [0.15, 0.2) is 53.5 Å². The smallest absolute Gasteiger partial charge is 0.191 e. The van der Waals surface area contributed by atoms with Crippen molar-refractivity contribution in [3.63, 3.8) is 0 Å². The van der Waals surface area contributed by atoms with Crippen LogP contribution in [0.5, 0.6) is 0 Å². The van der Waals surface area contributed by atoms with Crippen molar-refractivity contribution in [2.45, 2.75) is 31.3 Å². The Morgan fingerprint density at radius 1 is 1.07 bits per heavy atom. The van der Waals surface area contributed by atoms with E-state index in [1.807, 2.05) is 6.07 Å². The van der Waals surface area contributed by atoms with Crippen molar-refractivity contribution in [3.05, 3.63) is 71.0 Å². The fourth-order valence-electron chi connectivity index (χ4n) is 3.41. The Bertz CT molecular complexity index is 796. The maximum Gasteiger partial charge on any atom is 0.191 e. The number of nitrogens with one attached hydrogen (secondary N) is 2. The number of benzene rings is 2. The topological polar surface area (TPSA) is 39.7 Å². The lowest BCUT2D eigenvalue weighted by atomic mass is 9.96. The number of halogens is 1. The van der Waals surface area contributed by atoms with Crippen LogP contribution in [0.1, 0.15) is 29.5 Å². The van der Waals surface area contributed by atoms with E-state index in [0.29, 0.717) is 0 Å². The molecule has 0 radical (unpaired) electrons. The van der Waals surface area contributed by atoms with E-state index >= 15 is 0 Å². The van der Waals surface area contributed by atoms with Crippen LogP contribution in [-0.2, 0) is 18.5 Å². The number of aliphatic imine (C=N–C) groups is 1. The third-order valence-electron chi connectivity index (χ3n) is 5.16. The van der Waals surface area contributed by atoms with E-state index in [-0.39, 0.29) is 11.2 Å². The first-order chi connectivity index (χ1) is 13.0. The number of rotatable bonds is 7. The van der Waals surface area contributed by atoms with Gasteiger partial charge in [-0.3, -0.25) is 4.99 Å². The minimum absolute atomic E-state index is 0.0303. The van der Waals surface area contributed by atoms with Gasteiger partial charge in [0, 0.05) is 32.1 Å². The molecule has 0 atom stereocenters. The summed E-state index contributed by atoms with van der Waals surface area (Å²) in [5.74, 6) is 0.608. The molecule has 0 aliphatic heterocycles. The SMILES string of the molecule is CN=C(NCc1ccccc1CN(C)C)NCC1(c2cccc(F)c2)CC1. The van der Waals surface area contributed by atoms with Crippen LogP contribution < -0.4 is 10.6 Å². The Kier molecular flexibility index (Phi) is 6.11. The Balaban J connectivity index is 1.58. The molecule has 0 spiro atoms. The van der Waals surface area contributed by atoms with E-state index in [1.165, 1.54) is 17.2 Å². The minimum atomic E-state index is -0.168. The number of guanidine groups is 1. The zero-order chi connectivity index (χ0) is 19.3. The molecule has 0 bridgehead atoms. The highest BCUT2D eigenvalue weighted by atomic mass is 19.1. The molecule has 5 heteroatoms. The quantitative estimate of drug-likeness (QED) is 0.582. The third-order valence-corrected chi connectivity index (χ3v) is 5.16. The fraction of sp³-hybridized carbons (Fsp3) is 0.409. The third kappa shape index (κ3) is 5.07. The van der Waals surface area contributed by atoms with Crippen LogP contribution in [0.4, 0.5) is 4.39 Å². The molecule has 0 heterocycles. The van der Waals surface area contributed by atoms with E-state index in [9.17, 15) is 4.39 Å². The second kappa shape index (κ2) is 8.53. The first-order valence-electron chi connectivity index (χ1n) is 9.44. The van der Waals surface area contributed by atoms with Gasteiger partial charge in [0.1, 0.15) is 5.82 Å². The Labute approximate surface area is 161 Å². The van der Waals surface area contributed by atoms with Gasteiger partial charge in [-0.15, -0.1) is 0 Å². The summed E-state index contributed by atoms with van der Waals surface area (Å²) in [4.78, 5) is 6.51. The molecule has 1 aliphatic carbocycles. The van der Waals surface area contributed by atoms with E-state index in [1.54, 1.807) is 19.2 Å². The van der Waals surface area contributed by atoms with Crippen molar-refractivity contribution in [2.24, 2.45) is 4.99 Å². The summed E-state index contributed by atoms with van der Waals surface area (Å²) in [6, 6.07) is 15.4. The summed E-state index contributed by atoms with van der Waals surface area (Å²) >= 11 is 0. The van der Waals surface area contributed by atoms with Crippen molar-refractivity contribution in [1.82, 2.24) is 15.5 Å². The molecule has 27 heavy (non-hydrogen) atoms. The lowest BCUT2D eigenvalue weighted by Crippen LogP contribution is -2.41. The minimum Gasteiger partial charge on any atom is -0.356 e. The highest BCUT2D eigenvalue weighted by Gasteiger charge is 2.44. The molecular weight excluding hydrogens is 339 g/mol. The molecule has 0 unspecified atom stereocenters. The van der Waals surface area contributed by atoms with Gasteiger partial charge in [0.25, 0.3) is 0 Å². The standard InChI is InChI=1S/C22H29FN4/c1-24-21(25-14-17-7-4-5-8-18(17)15-27(2)3)26-16-22(11-12-22)19-9-6-10-20(23)13-19/h4-10,13H,11-12,14-16H2,1-3H3,(H2,24,25,26). The molecule has 4 nitrogen and oxygen atoms in total. The van der Waals surface area contributed by atoms with Crippen molar-refractivity contribution < 1.29 is 4.39 Å². The lowest BCUT2D eigenvalue weighted by molar-refractivity contribution is 0.400. The van der Waals surface area contributed by atoms with Gasteiger partial charge in [-0.05, 0) is 55.8 Å². The molecule has 2 aromatic carbocycles. The summed E-state index contributed by atoms with van der Waals surface area (Å²) in [5.41, 5.74) is 3.67. The van der Waals surface area contributed by atoms with Gasteiger partial charge < -0.3 is 15.5 Å². The summed E-state index contributed by atoms with van der Waals surface area (Å²) in [7, 11) is 5.93. The maximum absolute atomic E-state index is 13.6. The lowest BCUT2D eigenvalue weighted by Gasteiger charge is -2.20. The van der Waals surface area contributed by atoms with Gasteiger partial charge in [0.15, 0.2) is 5.96 Å². The largest absolute Gasteiger partial charge is 0.356 e. The molecule has 1 saturated carbocycles. The first kappa shape index (κ1) is 19.4. The van der Waals surface area contributed by atoms with Crippen molar-refractivity contribution in [1.29, 1.82) is 0 Å². The molecule has 0 saturated heterocycles. The van der Waals surface area contributed by atoms with Crippen LogP contribution in [0.3, 0.4) is 0 Å². The summed E-state index contributed by atoms with van der Waals surface area (Å²) < 4.78 is 13.6. The predicted molar refractivity (Wildman–Crippen MR) is 109 cm³/mol. The Hall–Kier alpha value is -2.40. The zero-order valence-corrected chi connectivity index (χ0v) is 16.4. The second-order valence-corrected chi connectivity index (χ2v) is 7.58. The number of nitrogens with zero attached hydrogens (tertiary/aromatic N) is 2. The van der Waals surface area contributed by atoms with Crippen LogP contribution in [0.2, 0.25) is 0 Å². The van der Waals surface area contributed by atoms with Crippen molar-refractivity contribution >= 4 is 5.96 Å². The number of hydrogen-bond acceptors (Lipinski definition) is 2. The zero-order valence-electron chi connectivity index (χ0n) is 16.4. The van der Waals surface area contributed by atoms with E-state index in [2.05, 4.69) is 58.9 Å². The average Bonchev–Trinajstić information content (AvgIpc) is 3.44. The van der Waals surface area contributed by atoms with Crippen molar-refractivity contribution in [3.8, 4) is 0 Å². The second-order valence-electron chi connectivity index (χ2n) is 7.58. The molecule has 2 aromatic rings. The molecule has 1 fully saturated rings. The summed E-state index contributed by atoms with van der Waals surface area (Å²) in [5, 5.41) is 6.84. The molecule has 1 aliphatic rings. The first-order valence-corrected chi connectivity index (χ1v) is 9.44. The molecule has 3 rings (SSSR count). The van der Waals surface area contributed by atoms with Gasteiger partial charge >= 0.3 is 0 Å².